The molecule has 26 heavy (non-hydrogen) atoms. The molecule has 0 fully saturated rings. The quantitative estimate of drug-likeness (QED) is 0.601. The maximum atomic E-state index is 13.2. The first-order valence-corrected chi connectivity index (χ1v) is 6.74. The molecule has 0 unspecified atom stereocenters. The number of rotatable bonds is 2. The van der Waals surface area contributed by atoms with Gasteiger partial charge in [-0.15, -0.1) is 0 Å². The molecule has 0 aliphatic heterocycles. The van der Waals surface area contributed by atoms with Crippen molar-refractivity contribution in [1.29, 1.82) is 0 Å². The van der Waals surface area contributed by atoms with Gasteiger partial charge in [0.05, 0.1) is 22.0 Å². The minimum absolute atomic E-state index is 0.110. The van der Waals surface area contributed by atoms with Gasteiger partial charge in [0.25, 0.3) is 5.56 Å². The first kappa shape index (κ1) is 19.9. The van der Waals surface area contributed by atoms with Crippen LogP contribution in [0.15, 0.2) is 29.3 Å². The molecule has 0 aliphatic carbocycles. The van der Waals surface area contributed by atoms with Gasteiger partial charge in [0, 0.05) is 6.07 Å². The van der Waals surface area contributed by atoms with E-state index in [9.17, 15) is 39.9 Å². The lowest BCUT2D eigenvalue weighted by molar-refractivity contribution is -0.291. The van der Waals surface area contributed by atoms with E-state index >= 15 is 0 Å². The molecule has 1 aromatic carbocycles. The Labute approximate surface area is 143 Å². The van der Waals surface area contributed by atoms with Crippen LogP contribution < -0.4 is 11.3 Å². The van der Waals surface area contributed by atoms with E-state index in [2.05, 4.69) is 4.98 Å². The minimum atomic E-state index is -6.00. The molecule has 2 rings (SSSR count). The Bertz CT molecular complexity index is 880. The molecule has 1 aromatic heterocycles. The average molecular weight is 408 g/mol. The summed E-state index contributed by atoms with van der Waals surface area (Å²) in [6, 6.07) is 0.727. The molecule has 142 valence electrons. The van der Waals surface area contributed by atoms with Gasteiger partial charge in [-0.1, -0.05) is 11.6 Å². The fraction of sp³-hybridized carbons (Fsp3) is 0.231. The summed E-state index contributed by atoms with van der Waals surface area (Å²) in [6.07, 6.45) is -10.5. The van der Waals surface area contributed by atoms with Gasteiger partial charge in [-0.3, -0.25) is 9.36 Å². The van der Waals surface area contributed by atoms with Crippen molar-refractivity contribution in [2.24, 2.45) is 0 Å². The van der Waals surface area contributed by atoms with Crippen molar-refractivity contribution in [3.05, 3.63) is 51.2 Å². The fourth-order valence-electron chi connectivity index (χ4n) is 1.92. The SMILES string of the molecule is Nc1cc(C(F)(F)F)cc(Cl)c1-n1cnc(C(F)(F)C(F)(F)F)cc1=O. The molecule has 0 bridgehead atoms. The number of nitrogens with two attached hydrogens (primary N) is 1. The molecule has 13 heteroatoms. The van der Waals surface area contributed by atoms with Crippen LogP contribution in [0.5, 0.6) is 0 Å². The molecular weight excluding hydrogens is 402 g/mol. The van der Waals surface area contributed by atoms with E-state index in [1.165, 1.54) is 0 Å². The topological polar surface area (TPSA) is 60.9 Å². The third kappa shape index (κ3) is 3.45. The van der Waals surface area contributed by atoms with Crippen molar-refractivity contribution in [3.8, 4) is 5.69 Å². The lowest BCUT2D eigenvalue weighted by Crippen LogP contribution is -2.36. The predicted molar refractivity (Wildman–Crippen MR) is 74.2 cm³/mol. The van der Waals surface area contributed by atoms with E-state index in [4.69, 9.17) is 17.3 Å². The number of nitrogens with zero attached hydrogens (tertiary/aromatic N) is 2. The molecular formula is C13H6ClF8N3O. The second kappa shape index (κ2) is 6.11. The molecule has 0 amide bonds. The van der Waals surface area contributed by atoms with Gasteiger partial charge in [0.15, 0.2) is 0 Å². The third-order valence-electron chi connectivity index (χ3n) is 3.15. The van der Waals surface area contributed by atoms with Crippen molar-refractivity contribution < 1.29 is 35.1 Å². The predicted octanol–water partition coefficient (Wildman–Crippen LogP) is 4.14. The van der Waals surface area contributed by atoms with Crippen molar-refractivity contribution in [2.75, 3.05) is 5.73 Å². The zero-order valence-corrected chi connectivity index (χ0v) is 12.8. The van der Waals surface area contributed by atoms with Crippen LogP contribution >= 0.6 is 11.6 Å². The van der Waals surface area contributed by atoms with Crippen LogP contribution in [0.1, 0.15) is 11.3 Å². The molecule has 0 spiro atoms. The second-order valence-corrected chi connectivity index (χ2v) is 5.36. The summed E-state index contributed by atoms with van der Waals surface area (Å²) in [5, 5.41) is -0.684. The summed E-state index contributed by atoms with van der Waals surface area (Å²) in [6.45, 7) is 0. The largest absolute Gasteiger partial charge is 0.459 e. The Morgan fingerprint density at radius 2 is 1.58 bits per heavy atom. The maximum absolute atomic E-state index is 13.2. The maximum Gasteiger partial charge on any atom is 0.459 e. The number of halogens is 9. The molecule has 4 nitrogen and oxygen atoms in total. The van der Waals surface area contributed by atoms with Gasteiger partial charge in [-0.25, -0.2) is 4.98 Å². The highest BCUT2D eigenvalue weighted by Gasteiger charge is 2.60. The van der Waals surface area contributed by atoms with Crippen LogP contribution in [0.25, 0.3) is 5.69 Å². The van der Waals surface area contributed by atoms with Crippen LogP contribution in [0.2, 0.25) is 5.02 Å². The van der Waals surface area contributed by atoms with Gasteiger partial charge in [0.1, 0.15) is 12.0 Å². The minimum Gasteiger partial charge on any atom is -0.397 e. The summed E-state index contributed by atoms with van der Waals surface area (Å²) < 4.78 is 102. The Morgan fingerprint density at radius 1 is 1.00 bits per heavy atom. The Hall–Kier alpha value is -2.37. The molecule has 2 aromatic rings. The van der Waals surface area contributed by atoms with Crippen LogP contribution in [-0.2, 0) is 12.1 Å². The first-order valence-electron chi connectivity index (χ1n) is 6.36. The molecule has 0 atom stereocenters. The summed E-state index contributed by atoms with van der Waals surface area (Å²) in [4.78, 5) is 14.8. The van der Waals surface area contributed by atoms with Crippen molar-refractivity contribution in [2.45, 2.75) is 18.3 Å². The van der Waals surface area contributed by atoms with Gasteiger partial charge < -0.3 is 5.73 Å². The number of nitrogen functional groups attached to an aromatic ring is 1. The highest BCUT2D eigenvalue weighted by Crippen LogP contribution is 2.42. The second-order valence-electron chi connectivity index (χ2n) is 4.95. The summed E-state index contributed by atoms with van der Waals surface area (Å²) in [5.41, 5.74) is -0.371. The number of aromatic nitrogens is 2. The van der Waals surface area contributed by atoms with E-state index in [0.29, 0.717) is 16.7 Å². The van der Waals surface area contributed by atoms with Gasteiger partial charge in [-0.05, 0) is 12.1 Å². The first-order chi connectivity index (χ1) is 11.7. The zero-order valence-electron chi connectivity index (χ0n) is 12.1. The number of hydrogen-bond acceptors (Lipinski definition) is 3. The standard InChI is InChI=1S/C13H6ClF8N3O/c14-6-1-5(12(17,18)19)2-7(23)10(6)25-4-24-8(3-9(25)26)11(15,16)13(20,21)22/h1-4H,23H2. The van der Waals surface area contributed by atoms with Gasteiger partial charge in [-0.2, -0.15) is 35.1 Å². The smallest absolute Gasteiger partial charge is 0.397 e. The highest BCUT2D eigenvalue weighted by molar-refractivity contribution is 6.33. The molecule has 1 heterocycles. The number of benzene rings is 1. The van der Waals surface area contributed by atoms with E-state index in [-0.39, 0.29) is 12.4 Å². The van der Waals surface area contributed by atoms with Crippen LogP contribution in [0.4, 0.5) is 40.8 Å². The summed E-state index contributed by atoms with van der Waals surface area (Å²) in [5.74, 6) is -5.40. The highest BCUT2D eigenvalue weighted by atomic mass is 35.5. The average Bonchev–Trinajstić information content (AvgIpc) is 2.45. The van der Waals surface area contributed by atoms with Crippen LogP contribution in [0, 0.1) is 0 Å². The normalized spacial score (nSPS) is 13.1. The number of alkyl halides is 8. The lowest BCUT2D eigenvalue weighted by atomic mass is 10.1. The van der Waals surface area contributed by atoms with E-state index in [1.807, 2.05) is 0 Å². The zero-order chi connectivity index (χ0) is 20.1. The molecule has 0 aliphatic rings. The van der Waals surface area contributed by atoms with Crippen LogP contribution in [-0.4, -0.2) is 15.7 Å². The van der Waals surface area contributed by atoms with Crippen molar-refractivity contribution >= 4 is 17.3 Å². The Balaban J connectivity index is 2.61. The Kier molecular flexibility index (Phi) is 4.69. The van der Waals surface area contributed by atoms with Crippen LogP contribution in [0.3, 0.4) is 0 Å². The third-order valence-corrected chi connectivity index (χ3v) is 3.44. The molecule has 0 saturated heterocycles. The monoisotopic (exact) mass is 407 g/mol. The van der Waals surface area contributed by atoms with Crippen molar-refractivity contribution in [1.82, 2.24) is 9.55 Å². The number of hydrogen-bond donors (Lipinski definition) is 1. The fourth-order valence-corrected chi connectivity index (χ4v) is 2.24. The van der Waals surface area contributed by atoms with E-state index in [1.54, 1.807) is 0 Å². The summed E-state index contributed by atoms with van der Waals surface area (Å²) in [7, 11) is 0. The number of anilines is 1. The van der Waals surface area contributed by atoms with Gasteiger partial charge >= 0.3 is 18.3 Å². The lowest BCUT2D eigenvalue weighted by Gasteiger charge is -2.19. The van der Waals surface area contributed by atoms with E-state index in [0.717, 1.165) is 0 Å². The van der Waals surface area contributed by atoms with Crippen molar-refractivity contribution in [3.63, 3.8) is 0 Å². The Morgan fingerprint density at radius 3 is 2.00 bits per heavy atom. The van der Waals surface area contributed by atoms with E-state index < -0.39 is 51.5 Å². The molecule has 2 N–H and O–H groups in total. The molecule has 0 saturated carbocycles. The molecule has 0 radical (unpaired) electrons. The van der Waals surface area contributed by atoms with Gasteiger partial charge in [0.2, 0.25) is 0 Å². The summed E-state index contributed by atoms with van der Waals surface area (Å²) >= 11 is 5.65.